The van der Waals surface area contributed by atoms with Crippen LogP contribution in [-0.2, 0) is 16.6 Å². The van der Waals surface area contributed by atoms with Crippen molar-refractivity contribution in [3.63, 3.8) is 0 Å². The molecule has 0 bridgehead atoms. The lowest BCUT2D eigenvalue weighted by Gasteiger charge is -2.27. The van der Waals surface area contributed by atoms with Gasteiger partial charge in [-0.3, -0.25) is 4.31 Å². The summed E-state index contributed by atoms with van der Waals surface area (Å²) in [5.41, 5.74) is 1.54. The van der Waals surface area contributed by atoms with E-state index in [1.165, 1.54) is 36.4 Å². The van der Waals surface area contributed by atoms with Crippen molar-refractivity contribution < 1.29 is 32.2 Å². The third kappa shape index (κ3) is 8.27. The largest absolute Gasteiger partial charge is 0.478 e. The molecule has 0 aliphatic heterocycles. The summed E-state index contributed by atoms with van der Waals surface area (Å²) in [5.74, 6) is -0.641. The van der Waals surface area contributed by atoms with Gasteiger partial charge in [-0.15, -0.1) is 0 Å². The molecule has 0 aliphatic rings. The summed E-state index contributed by atoms with van der Waals surface area (Å²) < 4.78 is 46.1. The molecule has 0 amide bonds. The first kappa shape index (κ1) is 28.6. The van der Waals surface area contributed by atoms with Crippen LogP contribution in [-0.4, -0.2) is 43.8 Å². The first-order valence-electron chi connectivity index (χ1n) is 11.7. The molecule has 3 N–H and O–H groups in total. The lowest BCUT2D eigenvalue weighted by Crippen LogP contribution is -2.41. The van der Waals surface area contributed by atoms with Crippen molar-refractivity contribution in [2.24, 2.45) is 0 Å². The third-order valence-corrected chi connectivity index (χ3v) is 7.19. The molecule has 1 aromatic heterocycles. The number of hydrogen-bond donors (Lipinski definition) is 3. The van der Waals surface area contributed by atoms with Gasteiger partial charge in [-0.2, -0.15) is 0 Å². The molecule has 3 aromatic carbocycles. The van der Waals surface area contributed by atoms with Crippen molar-refractivity contribution in [2.75, 3.05) is 17.4 Å². The predicted octanol–water partition coefficient (Wildman–Crippen LogP) is 4.46. The zero-order chi connectivity index (χ0) is 27.5. The van der Waals surface area contributed by atoms with Gasteiger partial charge in [-0.05, 0) is 67.6 Å². The van der Waals surface area contributed by atoms with Gasteiger partial charge >= 0.3 is 5.97 Å². The third-order valence-electron chi connectivity index (χ3n) is 5.38. The number of benzene rings is 3. The summed E-state index contributed by atoms with van der Waals surface area (Å²) in [7, 11) is -3.94. The van der Waals surface area contributed by atoms with Gasteiger partial charge in [-0.1, -0.05) is 35.9 Å². The van der Waals surface area contributed by atoms with E-state index < -0.39 is 27.9 Å². The number of sulfonamides is 1. The molecule has 10 heteroatoms. The first-order chi connectivity index (χ1) is 18.2. The number of rotatable bonds is 10. The van der Waals surface area contributed by atoms with Crippen molar-refractivity contribution in [1.82, 2.24) is 5.32 Å². The Labute approximate surface area is 221 Å². The Kier molecular flexibility index (Phi) is 10.2. The number of aromatic carboxylic acids is 1. The number of nitrogens with zero attached hydrogens (tertiary/aromatic N) is 1. The van der Waals surface area contributed by atoms with Crippen LogP contribution in [0.15, 0.2) is 107 Å². The minimum absolute atomic E-state index is 0.100. The Morgan fingerprint density at radius 3 is 2.18 bits per heavy atom. The molecule has 38 heavy (non-hydrogen) atoms. The molecular weight excluding hydrogens is 511 g/mol. The van der Waals surface area contributed by atoms with Crippen LogP contribution in [0.3, 0.4) is 0 Å². The van der Waals surface area contributed by atoms with Gasteiger partial charge in [0.05, 0.1) is 41.6 Å². The van der Waals surface area contributed by atoms with E-state index in [4.69, 9.17) is 9.52 Å². The number of nitrogens with one attached hydrogen (secondary N) is 1. The van der Waals surface area contributed by atoms with E-state index in [1.54, 1.807) is 60.9 Å². The van der Waals surface area contributed by atoms with Crippen LogP contribution in [0, 0.1) is 12.7 Å². The van der Waals surface area contributed by atoms with Crippen molar-refractivity contribution in [1.29, 1.82) is 0 Å². The number of anilines is 1. The number of carboxylic acids is 1. The number of hydrogen-bond acceptors (Lipinski definition) is 6. The van der Waals surface area contributed by atoms with Crippen LogP contribution in [0.25, 0.3) is 0 Å². The Balaban J connectivity index is 0.000000375. The van der Waals surface area contributed by atoms with Gasteiger partial charge in [0.1, 0.15) is 11.6 Å². The quantitative estimate of drug-likeness (QED) is 0.272. The molecule has 0 saturated carbocycles. The SMILES string of the molecule is Cc1ccc(S(=O)(=O)N(CC(O)CNCc2ccco2)c2ccc(F)cc2)cc1.O=C(O)c1ccccc1. The average molecular weight is 541 g/mol. The highest BCUT2D eigenvalue weighted by atomic mass is 32.2. The number of carbonyl (C=O) groups is 1. The molecule has 1 heterocycles. The normalized spacial score (nSPS) is 11.8. The van der Waals surface area contributed by atoms with Crippen molar-refractivity contribution >= 4 is 21.7 Å². The Hall–Kier alpha value is -3.99. The molecule has 0 fully saturated rings. The van der Waals surface area contributed by atoms with E-state index in [0.29, 0.717) is 17.9 Å². The van der Waals surface area contributed by atoms with Crippen LogP contribution in [0.1, 0.15) is 21.7 Å². The second-order valence-corrected chi connectivity index (χ2v) is 10.2. The molecule has 1 unspecified atom stereocenters. The number of aliphatic hydroxyl groups excluding tert-OH is 1. The molecule has 0 spiro atoms. The van der Waals surface area contributed by atoms with Crippen LogP contribution in [0.5, 0.6) is 0 Å². The van der Waals surface area contributed by atoms with Gasteiger partial charge in [-0.25, -0.2) is 17.6 Å². The molecule has 1 atom stereocenters. The van der Waals surface area contributed by atoms with Gasteiger partial charge < -0.3 is 19.9 Å². The minimum Gasteiger partial charge on any atom is -0.478 e. The van der Waals surface area contributed by atoms with E-state index in [0.717, 1.165) is 9.87 Å². The van der Waals surface area contributed by atoms with E-state index in [2.05, 4.69) is 5.32 Å². The maximum atomic E-state index is 13.3. The summed E-state index contributed by atoms with van der Waals surface area (Å²) in [5, 5.41) is 21.9. The summed E-state index contributed by atoms with van der Waals surface area (Å²) >= 11 is 0. The maximum Gasteiger partial charge on any atom is 0.335 e. The van der Waals surface area contributed by atoms with E-state index in [9.17, 15) is 22.7 Å². The van der Waals surface area contributed by atoms with Crippen LogP contribution >= 0.6 is 0 Å². The lowest BCUT2D eigenvalue weighted by molar-refractivity contribution is 0.0697. The standard InChI is InChI=1S/C21H23FN2O4S.C7H6O2/c1-16-4-10-21(11-5-16)29(26,27)24(18-8-6-17(22)7-9-18)15-19(25)13-23-14-20-3-2-12-28-20;8-7(9)6-4-2-1-3-5-6/h2-12,19,23,25H,13-15H2,1H3;1-5H,(H,8,9). The second kappa shape index (κ2) is 13.5. The summed E-state index contributed by atoms with van der Waals surface area (Å²) in [6, 6.07) is 23.4. The maximum absolute atomic E-state index is 13.3. The highest BCUT2D eigenvalue weighted by Crippen LogP contribution is 2.24. The monoisotopic (exact) mass is 540 g/mol. The molecule has 0 aliphatic carbocycles. The van der Waals surface area contributed by atoms with Crippen molar-refractivity contribution in [3.8, 4) is 0 Å². The number of aliphatic hydroxyl groups is 1. The van der Waals surface area contributed by atoms with Gasteiger partial charge in [0, 0.05) is 6.54 Å². The number of carboxylic acid groups (broad SMARTS) is 1. The average Bonchev–Trinajstić information content (AvgIpc) is 3.43. The summed E-state index contributed by atoms with van der Waals surface area (Å²) in [6.07, 6.45) is 0.563. The van der Waals surface area contributed by atoms with Gasteiger partial charge in [0.25, 0.3) is 10.0 Å². The fraction of sp³-hybridized carbons (Fsp3) is 0.179. The van der Waals surface area contributed by atoms with Gasteiger partial charge in [0.2, 0.25) is 0 Å². The topological polar surface area (TPSA) is 120 Å². The number of aryl methyl sites for hydroxylation is 1. The predicted molar refractivity (Wildman–Crippen MR) is 142 cm³/mol. The molecule has 4 aromatic rings. The molecule has 0 radical (unpaired) electrons. The van der Waals surface area contributed by atoms with Gasteiger partial charge in [0.15, 0.2) is 0 Å². The smallest absolute Gasteiger partial charge is 0.335 e. The van der Waals surface area contributed by atoms with Crippen LogP contribution < -0.4 is 9.62 Å². The molecule has 0 saturated heterocycles. The molecular formula is C28H29FN2O6S. The summed E-state index contributed by atoms with van der Waals surface area (Å²) in [4.78, 5) is 10.3. The zero-order valence-corrected chi connectivity index (χ0v) is 21.5. The number of halogens is 1. The fourth-order valence-electron chi connectivity index (χ4n) is 3.40. The Morgan fingerprint density at radius 2 is 1.63 bits per heavy atom. The van der Waals surface area contributed by atoms with Crippen molar-refractivity contribution in [3.05, 3.63) is 120 Å². The molecule has 8 nitrogen and oxygen atoms in total. The van der Waals surface area contributed by atoms with Crippen LogP contribution in [0.2, 0.25) is 0 Å². The summed E-state index contributed by atoms with van der Waals surface area (Å²) in [6.45, 7) is 2.24. The fourth-order valence-corrected chi connectivity index (χ4v) is 4.90. The molecule has 4 rings (SSSR count). The zero-order valence-electron chi connectivity index (χ0n) is 20.7. The number of furan rings is 1. The Morgan fingerprint density at radius 1 is 0.974 bits per heavy atom. The van der Waals surface area contributed by atoms with E-state index in [1.807, 2.05) is 6.92 Å². The van der Waals surface area contributed by atoms with E-state index >= 15 is 0 Å². The van der Waals surface area contributed by atoms with Crippen molar-refractivity contribution in [2.45, 2.75) is 24.5 Å². The molecule has 200 valence electrons. The van der Waals surface area contributed by atoms with E-state index in [-0.39, 0.29) is 23.7 Å². The lowest BCUT2D eigenvalue weighted by atomic mass is 10.2. The van der Waals surface area contributed by atoms with Crippen LogP contribution in [0.4, 0.5) is 10.1 Å². The highest BCUT2D eigenvalue weighted by Gasteiger charge is 2.27. The second-order valence-electron chi connectivity index (χ2n) is 8.36. The minimum atomic E-state index is -3.94. The highest BCUT2D eigenvalue weighted by molar-refractivity contribution is 7.92. The Bertz CT molecular complexity index is 1380. The first-order valence-corrected chi connectivity index (χ1v) is 13.2.